The minimum Gasteiger partial charge on any atom is -0.477 e. The van der Waals surface area contributed by atoms with Crippen molar-refractivity contribution in [3.05, 3.63) is 92.7 Å². The van der Waals surface area contributed by atoms with Crippen LogP contribution in [0.2, 0.25) is 10.0 Å². The molecule has 2 N–H and O–H groups in total. The van der Waals surface area contributed by atoms with Crippen molar-refractivity contribution in [2.45, 2.75) is 18.9 Å². The monoisotopic (exact) mass is 566 g/mol. The zero-order valence-electron chi connectivity index (χ0n) is 20.3. The van der Waals surface area contributed by atoms with Gasteiger partial charge in [0.25, 0.3) is 0 Å². The van der Waals surface area contributed by atoms with Gasteiger partial charge in [-0.25, -0.2) is 14.2 Å². The average molecular weight is 567 g/mol. The van der Waals surface area contributed by atoms with E-state index in [1.807, 2.05) is 0 Å². The van der Waals surface area contributed by atoms with Gasteiger partial charge in [-0.15, -0.1) is 0 Å². The smallest absolute Gasteiger partial charge is 0.341 e. The molecule has 39 heavy (non-hydrogen) atoms. The third kappa shape index (κ3) is 4.47. The summed E-state index contributed by atoms with van der Waals surface area (Å²) in [6, 6.07) is 11.2. The van der Waals surface area contributed by atoms with E-state index in [0.29, 0.717) is 40.8 Å². The molecule has 3 aromatic heterocycles. The lowest BCUT2D eigenvalue weighted by atomic mass is 10.1. The van der Waals surface area contributed by atoms with Gasteiger partial charge in [0.05, 0.1) is 28.0 Å². The molecule has 0 aliphatic carbocycles. The van der Waals surface area contributed by atoms with Gasteiger partial charge < -0.3 is 24.3 Å². The summed E-state index contributed by atoms with van der Waals surface area (Å²) < 4.78 is 22.6. The SMILES string of the molecule is O=C(O)c1cn(-c2cc3cc[nH]c3cc2F)c2cc(N3CCC[C@@H]3COc3ncccc3Cl)c(Cl)cc2c1=O. The Morgan fingerprint density at radius 3 is 2.82 bits per heavy atom. The highest BCUT2D eigenvalue weighted by atomic mass is 35.5. The molecular weight excluding hydrogens is 546 g/mol. The molecule has 1 aliphatic rings. The fourth-order valence-electron chi connectivity index (χ4n) is 5.13. The summed E-state index contributed by atoms with van der Waals surface area (Å²) in [7, 11) is 0. The van der Waals surface area contributed by atoms with Crippen molar-refractivity contribution in [3.63, 3.8) is 0 Å². The molecule has 4 heterocycles. The van der Waals surface area contributed by atoms with Crippen LogP contribution in [0.4, 0.5) is 10.1 Å². The molecule has 1 fully saturated rings. The van der Waals surface area contributed by atoms with Gasteiger partial charge in [0, 0.05) is 47.5 Å². The number of H-pyrrole nitrogens is 1. The van der Waals surface area contributed by atoms with Crippen LogP contribution in [0.15, 0.2) is 65.8 Å². The summed E-state index contributed by atoms with van der Waals surface area (Å²) in [4.78, 5) is 34.3. The topological polar surface area (TPSA) is 100 Å². The van der Waals surface area contributed by atoms with Crippen LogP contribution in [0.5, 0.6) is 5.88 Å². The van der Waals surface area contributed by atoms with E-state index in [-0.39, 0.29) is 22.1 Å². The van der Waals surface area contributed by atoms with E-state index < -0.39 is 22.8 Å². The highest BCUT2D eigenvalue weighted by molar-refractivity contribution is 6.34. The van der Waals surface area contributed by atoms with E-state index >= 15 is 4.39 Å². The zero-order chi connectivity index (χ0) is 27.3. The molecule has 198 valence electrons. The number of hydrogen-bond donors (Lipinski definition) is 2. The molecule has 1 atom stereocenters. The van der Waals surface area contributed by atoms with Gasteiger partial charge in [0.1, 0.15) is 23.0 Å². The molecule has 11 heteroatoms. The fourth-order valence-corrected chi connectivity index (χ4v) is 5.58. The molecule has 1 saturated heterocycles. The number of aromatic amines is 1. The number of hydrogen-bond acceptors (Lipinski definition) is 5. The number of nitrogens with one attached hydrogen (secondary N) is 1. The molecule has 5 aromatic rings. The van der Waals surface area contributed by atoms with E-state index in [9.17, 15) is 14.7 Å². The normalized spacial score (nSPS) is 15.4. The van der Waals surface area contributed by atoms with Crippen molar-refractivity contribution in [2.24, 2.45) is 0 Å². The molecule has 0 bridgehead atoms. The second kappa shape index (κ2) is 9.91. The number of ether oxygens (including phenoxy) is 1. The molecule has 0 saturated carbocycles. The van der Waals surface area contributed by atoms with Crippen molar-refractivity contribution >= 4 is 56.7 Å². The number of halogens is 3. The number of anilines is 1. The number of carboxylic acid groups (broad SMARTS) is 1. The molecule has 6 rings (SSSR count). The van der Waals surface area contributed by atoms with E-state index in [1.165, 1.54) is 16.7 Å². The Balaban J connectivity index is 1.48. The van der Waals surface area contributed by atoms with Crippen LogP contribution in [0.3, 0.4) is 0 Å². The van der Waals surface area contributed by atoms with Gasteiger partial charge >= 0.3 is 5.97 Å². The summed E-state index contributed by atoms with van der Waals surface area (Å²) >= 11 is 12.9. The highest BCUT2D eigenvalue weighted by Crippen LogP contribution is 2.36. The number of aromatic carboxylic acids is 1. The first kappa shape index (κ1) is 25.2. The molecular formula is C28H21Cl2FN4O4. The third-order valence-corrected chi connectivity index (χ3v) is 7.60. The number of rotatable bonds is 6. The average Bonchev–Trinajstić information content (AvgIpc) is 3.57. The Morgan fingerprint density at radius 1 is 1.18 bits per heavy atom. The van der Waals surface area contributed by atoms with E-state index in [1.54, 1.807) is 42.7 Å². The van der Waals surface area contributed by atoms with Gasteiger partial charge in [0.15, 0.2) is 0 Å². The zero-order valence-corrected chi connectivity index (χ0v) is 21.8. The molecule has 8 nitrogen and oxygen atoms in total. The van der Waals surface area contributed by atoms with Crippen LogP contribution in [-0.2, 0) is 0 Å². The Morgan fingerprint density at radius 2 is 2.03 bits per heavy atom. The maximum atomic E-state index is 15.3. The predicted octanol–water partition coefficient (Wildman–Crippen LogP) is 6.06. The molecule has 0 radical (unpaired) electrons. The summed E-state index contributed by atoms with van der Waals surface area (Å²) in [6.45, 7) is 0.977. The standard InChI is InChI=1S/C28H21Cl2FN4O4/c29-19-4-1-6-33-27(19)39-14-16-3-2-8-34(16)24-12-23-17(10-20(24)30)26(36)18(28(37)38)13-35(23)25-9-15-5-7-32-22(15)11-21(25)31/h1,4-7,9-13,16,32H,2-3,8,14H2,(H,37,38)/t16-/m1/s1. The van der Waals surface area contributed by atoms with E-state index in [0.717, 1.165) is 24.4 Å². The van der Waals surface area contributed by atoms with Crippen molar-refractivity contribution in [1.29, 1.82) is 0 Å². The summed E-state index contributed by atoms with van der Waals surface area (Å²) in [5.74, 6) is -1.66. The van der Waals surface area contributed by atoms with Crippen molar-refractivity contribution in [3.8, 4) is 11.6 Å². The largest absolute Gasteiger partial charge is 0.477 e. The van der Waals surface area contributed by atoms with Gasteiger partial charge in [-0.3, -0.25) is 4.79 Å². The molecule has 0 amide bonds. The number of aromatic nitrogens is 3. The minimum absolute atomic E-state index is 0.0653. The van der Waals surface area contributed by atoms with Crippen molar-refractivity contribution in [2.75, 3.05) is 18.1 Å². The second-order valence-corrected chi connectivity index (χ2v) is 10.1. The highest BCUT2D eigenvalue weighted by Gasteiger charge is 2.29. The summed E-state index contributed by atoms with van der Waals surface area (Å²) in [5, 5.41) is 11.2. The lowest BCUT2D eigenvalue weighted by molar-refractivity contribution is 0.0695. The second-order valence-electron chi connectivity index (χ2n) is 9.33. The maximum absolute atomic E-state index is 15.3. The van der Waals surface area contributed by atoms with Crippen LogP contribution in [0.25, 0.3) is 27.5 Å². The predicted molar refractivity (Wildman–Crippen MR) is 148 cm³/mol. The van der Waals surface area contributed by atoms with Crippen molar-refractivity contribution < 1.29 is 19.0 Å². The summed E-state index contributed by atoms with van der Waals surface area (Å²) in [6.07, 6.45) is 6.15. The Kier molecular flexibility index (Phi) is 6.40. The van der Waals surface area contributed by atoms with Crippen LogP contribution in [0.1, 0.15) is 23.2 Å². The third-order valence-electron chi connectivity index (χ3n) is 7.01. The molecule has 2 aromatic carbocycles. The molecule has 0 unspecified atom stereocenters. The summed E-state index contributed by atoms with van der Waals surface area (Å²) in [5.41, 5.74) is 0.473. The Bertz CT molecular complexity index is 1820. The number of nitrogens with zero attached hydrogens (tertiary/aromatic N) is 3. The number of carboxylic acids is 1. The van der Waals surface area contributed by atoms with Crippen LogP contribution in [-0.4, -0.2) is 44.8 Å². The fraction of sp³-hybridized carbons (Fsp3) is 0.179. The number of benzene rings is 2. The van der Waals surface area contributed by atoms with Crippen LogP contribution in [0, 0.1) is 5.82 Å². The number of fused-ring (bicyclic) bond motifs is 2. The van der Waals surface area contributed by atoms with Gasteiger partial charge in [0.2, 0.25) is 11.3 Å². The molecule has 0 spiro atoms. The maximum Gasteiger partial charge on any atom is 0.341 e. The van der Waals surface area contributed by atoms with Gasteiger partial charge in [-0.2, -0.15) is 0 Å². The van der Waals surface area contributed by atoms with E-state index in [2.05, 4.69) is 14.9 Å². The first-order valence-electron chi connectivity index (χ1n) is 12.2. The molecule has 1 aliphatic heterocycles. The van der Waals surface area contributed by atoms with Crippen LogP contribution >= 0.6 is 23.2 Å². The lowest BCUT2D eigenvalue weighted by Crippen LogP contribution is -2.34. The Hall–Kier alpha value is -4.08. The van der Waals surface area contributed by atoms with E-state index in [4.69, 9.17) is 27.9 Å². The first-order valence-corrected chi connectivity index (χ1v) is 13.0. The van der Waals surface area contributed by atoms with Gasteiger partial charge in [-0.05, 0) is 49.2 Å². The minimum atomic E-state index is -1.41. The number of carbonyl (C=O) groups is 1. The quantitative estimate of drug-likeness (QED) is 0.259. The van der Waals surface area contributed by atoms with Crippen molar-refractivity contribution in [1.82, 2.24) is 14.5 Å². The lowest BCUT2D eigenvalue weighted by Gasteiger charge is -2.28. The first-order chi connectivity index (χ1) is 18.8. The van der Waals surface area contributed by atoms with Gasteiger partial charge in [-0.1, -0.05) is 23.2 Å². The Labute approximate surface area is 231 Å². The number of pyridine rings is 2. The van der Waals surface area contributed by atoms with Crippen LogP contribution < -0.4 is 15.1 Å².